The van der Waals surface area contributed by atoms with Crippen LogP contribution in [0.4, 0.5) is 14.5 Å². The standard InChI is InChI=1S/C22H21F2NO2/c1-26-21-7-3-6-15(22(21)27-13-14-4-2-5-14)8-9-17-10-16-11-18(23)19(24)12-20(16)25-17/h3,6-9,11-12,14H,2,4-5,10,13H2,1H3/b9-8+. The van der Waals surface area contributed by atoms with Gasteiger partial charge in [0.25, 0.3) is 0 Å². The molecule has 1 aliphatic carbocycles. The van der Waals surface area contributed by atoms with Crippen LogP contribution in [0.1, 0.15) is 30.4 Å². The summed E-state index contributed by atoms with van der Waals surface area (Å²) in [6.45, 7) is 0.687. The largest absolute Gasteiger partial charge is 0.493 e. The first-order chi connectivity index (χ1) is 13.1. The Kier molecular flexibility index (Phi) is 4.92. The maximum absolute atomic E-state index is 13.4. The summed E-state index contributed by atoms with van der Waals surface area (Å²) in [4.78, 5) is 4.39. The summed E-state index contributed by atoms with van der Waals surface area (Å²) >= 11 is 0. The van der Waals surface area contributed by atoms with Gasteiger partial charge in [-0.2, -0.15) is 0 Å². The molecular formula is C22H21F2NO2. The number of rotatable bonds is 6. The Bertz CT molecular complexity index is 917. The molecule has 140 valence electrons. The summed E-state index contributed by atoms with van der Waals surface area (Å²) in [6.07, 6.45) is 7.95. The van der Waals surface area contributed by atoms with E-state index in [1.54, 1.807) is 7.11 Å². The third-order valence-electron chi connectivity index (χ3n) is 5.13. The van der Waals surface area contributed by atoms with Crippen molar-refractivity contribution in [2.75, 3.05) is 13.7 Å². The Labute approximate surface area is 157 Å². The van der Waals surface area contributed by atoms with Gasteiger partial charge < -0.3 is 9.47 Å². The minimum Gasteiger partial charge on any atom is -0.493 e. The van der Waals surface area contributed by atoms with Crippen molar-refractivity contribution in [1.29, 1.82) is 0 Å². The van der Waals surface area contributed by atoms with Gasteiger partial charge in [0.2, 0.25) is 0 Å². The Morgan fingerprint density at radius 1 is 1.15 bits per heavy atom. The van der Waals surface area contributed by atoms with Gasteiger partial charge in [-0.15, -0.1) is 0 Å². The minimum atomic E-state index is -0.873. The molecule has 4 rings (SSSR count). The van der Waals surface area contributed by atoms with Gasteiger partial charge in [0.15, 0.2) is 23.1 Å². The summed E-state index contributed by atoms with van der Waals surface area (Å²) in [5, 5.41) is 0. The first kappa shape index (κ1) is 17.7. The van der Waals surface area contributed by atoms with Crippen molar-refractivity contribution in [3.63, 3.8) is 0 Å². The molecule has 0 amide bonds. The van der Waals surface area contributed by atoms with Crippen LogP contribution in [0.5, 0.6) is 11.5 Å². The van der Waals surface area contributed by atoms with Crippen molar-refractivity contribution >= 4 is 17.5 Å². The quantitative estimate of drug-likeness (QED) is 0.674. The lowest BCUT2D eigenvalue weighted by Crippen LogP contribution is -2.19. The van der Waals surface area contributed by atoms with Crippen LogP contribution in [0.25, 0.3) is 6.08 Å². The molecule has 1 heterocycles. The molecule has 0 atom stereocenters. The molecule has 2 aliphatic rings. The zero-order chi connectivity index (χ0) is 18.8. The fourth-order valence-electron chi connectivity index (χ4n) is 3.33. The molecular weight excluding hydrogens is 348 g/mol. The third kappa shape index (κ3) is 3.72. The van der Waals surface area contributed by atoms with E-state index in [1.165, 1.54) is 25.3 Å². The maximum atomic E-state index is 13.4. The molecule has 0 bridgehead atoms. The van der Waals surface area contributed by atoms with Crippen molar-refractivity contribution in [3.05, 3.63) is 59.2 Å². The van der Waals surface area contributed by atoms with Gasteiger partial charge in [0, 0.05) is 23.8 Å². The topological polar surface area (TPSA) is 30.8 Å². The molecule has 1 fully saturated rings. The fourth-order valence-corrected chi connectivity index (χ4v) is 3.33. The Balaban J connectivity index is 1.54. The van der Waals surface area contributed by atoms with E-state index in [4.69, 9.17) is 9.47 Å². The van der Waals surface area contributed by atoms with Crippen LogP contribution < -0.4 is 9.47 Å². The van der Waals surface area contributed by atoms with Crippen molar-refractivity contribution in [1.82, 2.24) is 0 Å². The number of nitrogens with zero attached hydrogens (tertiary/aromatic N) is 1. The van der Waals surface area contributed by atoms with E-state index < -0.39 is 11.6 Å². The van der Waals surface area contributed by atoms with E-state index in [-0.39, 0.29) is 0 Å². The SMILES string of the molecule is COc1cccc(/C=C/C2=Nc3cc(F)c(F)cc3C2)c1OCC1CCC1. The molecule has 0 spiro atoms. The first-order valence-electron chi connectivity index (χ1n) is 9.17. The van der Waals surface area contributed by atoms with Crippen LogP contribution in [0.2, 0.25) is 0 Å². The molecule has 2 aromatic carbocycles. The summed E-state index contributed by atoms with van der Waals surface area (Å²) in [7, 11) is 1.62. The van der Waals surface area contributed by atoms with Crippen molar-refractivity contribution in [3.8, 4) is 11.5 Å². The molecule has 0 radical (unpaired) electrons. The van der Waals surface area contributed by atoms with Crippen LogP contribution in [-0.2, 0) is 6.42 Å². The molecule has 0 unspecified atom stereocenters. The second-order valence-corrected chi connectivity index (χ2v) is 6.99. The molecule has 0 N–H and O–H groups in total. The highest BCUT2D eigenvalue weighted by atomic mass is 19.2. The Morgan fingerprint density at radius 3 is 2.70 bits per heavy atom. The number of hydrogen-bond acceptors (Lipinski definition) is 3. The molecule has 1 aliphatic heterocycles. The van der Waals surface area contributed by atoms with Crippen molar-refractivity contribution in [2.24, 2.45) is 10.9 Å². The normalized spacial score (nSPS) is 16.2. The lowest BCUT2D eigenvalue weighted by Gasteiger charge is -2.26. The summed E-state index contributed by atoms with van der Waals surface area (Å²) in [5.41, 5.74) is 2.83. The van der Waals surface area contributed by atoms with Gasteiger partial charge in [-0.05, 0) is 48.6 Å². The Morgan fingerprint density at radius 2 is 1.96 bits per heavy atom. The van der Waals surface area contributed by atoms with Crippen LogP contribution in [0.15, 0.2) is 41.4 Å². The highest BCUT2D eigenvalue weighted by Gasteiger charge is 2.20. The van der Waals surface area contributed by atoms with Crippen LogP contribution in [0, 0.1) is 17.6 Å². The summed E-state index contributed by atoms with van der Waals surface area (Å²) < 4.78 is 38.3. The average molecular weight is 369 g/mol. The van der Waals surface area contributed by atoms with Gasteiger partial charge in [-0.3, -0.25) is 4.99 Å². The number of para-hydroxylation sites is 1. The number of fused-ring (bicyclic) bond motifs is 1. The number of methoxy groups -OCH3 is 1. The van der Waals surface area contributed by atoms with Crippen molar-refractivity contribution in [2.45, 2.75) is 25.7 Å². The van der Waals surface area contributed by atoms with Gasteiger partial charge in [-0.1, -0.05) is 18.6 Å². The van der Waals surface area contributed by atoms with E-state index in [0.717, 1.165) is 23.1 Å². The number of halogens is 2. The monoisotopic (exact) mass is 369 g/mol. The van der Waals surface area contributed by atoms with E-state index in [2.05, 4.69) is 4.99 Å². The molecule has 0 aromatic heterocycles. The van der Waals surface area contributed by atoms with Crippen LogP contribution in [0.3, 0.4) is 0 Å². The smallest absolute Gasteiger partial charge is 0.168 e. The highest BCUT2D eigenvalue weighted by molar-refractivity contribution is 6.04. The molecule has 1 saturated carbocycles. The van der Waals surface area contributed by atoms with Crippen LogP contribution >= 0.6 is 0 Å². The highest BCUT2D eigenvalue weighted by Crippen LogP contribution is 2.35. The Hall–Kier alpha value is -2.69. The second kappa shape index (κ2) is 7.51. The summed E-state index contributed by atoms with van der Waals surface area (Å²) in [6, 6.07) is 8.10. The zero-order valence-electron chi connectivity index (χ0n) is 15.2. The number of allylic oxidation sites excluding steroid dienone is 1. The van der Waals surface area contributed by atoms with E-state index >= 15 is 0 Å². The summed E-state index contributed by atoms with van der Waals surface area (Å²) in [5.74, 6) is 0.315. The fraction of sp³-hybridized carbons (Fsp3) is 0.318. The third-order valence-corrected chi connectivity index (χ3v) is 5.13. The lowest BCUT2D eigenvalue weighted by molar-refractivity contribution is 0.175. The number of benzene rings is 2. The lowest BCUT2D eigenvalue weighted by atomic mass is 9.86. The van der Waals surface area contributed by atoms with Gasteiger partial charge >= 0.3 is 0 Å². The predicted molar refractivity (Wildman–Crippen MR) is 102 cm³/mol. The molecule has 3 nitrogen and oxygen atoms in total. The second-order valence-electron chi connectivity index (χ2n) is 6.99. The van der Waals surface area contributed by atoms with Gasteiger partial charge in [-0.25, -0.2) is 8.78 Å². The van der Waals surface area contributed by atoms with E-state index in [9.17, 15) is 8.78 Å². The average Bonchev–Trinajstić information content (AvgIpc) is 3.01. The number of ether oxygens (including phenoxy) is 2. The maximum Gasteiger partial charge on any atom is 0.168 e. The van der Waals surface area contributed by atoms with Crippen LogP contribution in [-0.4, -0.2) is 19.4 Å². The van der Waals surface area contributed by atoms with E-state index in [0.29, 0.717) is 35.9 Å². The molecule has 0 saturated heterocycles. The number of hydrogen-bond donors (Lipinski definition) is 0. The number of aliphatic imine (C=N–C) groups is 1. The molecule has 5 heteroatoms. The van der Waals surface area contributed by atoms with Gasteiger partial charge in [0.05, 0.1) is 19.4 Å². The van der Waals surface area contributed by atoms with E-state index in [1.807, 2.05) is 30.4 Å². The zero-order valence-corrected chi connectivity index (χ0v) is 15.2. The molecule has 2 aromatic rings. The van der Waals surface area contributed by atoms with Crippen molar-refractivity contribution < 1.29 is 18.3 Å². The van der Waals surface area contributed by atoms with Gasteiger partial charge in [0.1, 0.15) is 0 Å². The molecule has 27 heavy (non-hydrogen) atoms. The predicted octanol–water partition coefficient (Wildman–Crippen LogP) is 5.49. The first-order valence-corrected chi connectivity index (χ1v) is 9.17. The minimum absolute atomic E-state index is 0.477.